The average Bonchev–Trinajstić information content (AvgIpc) is 3.24. The van der Waals surface area contributed by atoms with Crippen LogP contribution >= 0.6 is 0 Å². The Kier molecular flexibility index (Phi) is 6.09. The molecule has 1 aromatic heterocycles. The quantitative estimate of drug-likeness (QED) is 0.619. The summed E-state index contributed by atoms with van der Waals surface area (Å²) < 4.78 is 10.2. The number of hydrogen-bond acceptors (Lipinski definition) is 5. The lowest BCUT2D eigenvalue weighted by atomic mass is 10.1. The predicted octanol–water partition coefficient (Wildman–Crippen LogP) is 3.94. The van der Waals surface area contributed by atoms with Crippen molar-refractivity contribution in [2.24, 2.45) is 0 Å². The molecule has 2 N–H and O–H groups in total. The largest absolute Gasteiger partial charge is 0.459 e. The van der Waals surface area contributed by atoms with Gasteiger partial charge in [-0.2, -0.15) is 0 Å². The molecule has 7 nitrogen and oxygen atoms in total. The molecule has 1 heterocycles. The highest BCUT2D eigenvalue weighted by Crippen LogP contribution is 2.19. The van der Waals surface area contributed by atoms with Crippen molar-refractivity contribution >= 4 is 29.2 Å². The van der Waals surface area contributed by atoms with Crippen LogP contribution in [0.5, 0.6) is 0 Å². The maximum atomic E-state index is 12.4. The minimum absolute atomic E-state index is 0.112. The van der Waals surface area contributed by atoms with Gasteiger partial charge in [0.15, 0.2) is 12.4 Å². The number of esters is 1. The minimum Gasteiger partial charge on any atom is -0.459 e. The number of nitrogens with one attached hydrogen (secondary N) is 2. The Bertz CT molecular complexity index is 1040. The molecule has 0 saturated carbocycles. The Morgan fingerprint density at radius 1 is 0.931 bits per heavy atom. The molecule has 0 unspecified atom stereocenters. The number of amides is 2. The number of carbonyl (C=O) groups is 3. The molecule has 0 radical (unpaired) electrons. The molecule has 2 aromatic carbocycles. The number of benzene rings is 2. The second kappa shape index (κ2) is 8.88. The smallest absolute Gasteiger partial charge is 0.340 e. The van der Waals surface area contributed by atoms with Gasteiger partial charge in [0, 0.05) is 5.69 Å². The van der Waals surface area contributed by atoms with E-state index in [2.05, 4.69) is 10.6 Å². The number of rotatable bonds is 6. The Labute approximate surface area is 167 Å². The van der Waals surface area contributed by atoms with Crippen LogP contribution in [-0.4, -0.2) is 24.4 Å². The number of furan rings is 1. The van der Waals surface area contributed by atoms with Crippen LogP contribution in [0.4, 0.5) is 11.4 Å². The van der Waals surface area contributed by atoms with Crippen LogP contribution in [0, 0.1) is 13.8 Å². The first-order chi connectivity index (χ1) is 13.9. The molecule has 0 saturated heterocycles. The summed E-state index contributed by atoms with van der Waals surface area (Å²) in [5, 5.41) is 5.33. The maximum absolute atomic E-state index is 12.4. The zero-order chi connectivity index (χ0) is 20.8. The third-order valence-corrected chi connectivity index (χ3v) is 4.14. The van der Waals surface area contributed by atoms with Crippen molar-refractivity contribution in [3.8, 4) is 0 Å². The lowest BCUT2D eigenvalue weighted by molar-refractivity contribution is -0.119. The SMILES string of the molecule is Cc1ccc(C)c(NC(=O)COC(=O)c2ccccc2NC(=O)c2ccco2)c1. The van der Waals surface area contributed by atoms with Gasteiger partial charge in [0.25, 0.3) is 11.8 Å². The number of hydrogen-bond donors (Lipinski definition) is 2. The average molecular weight is 392 g/mol. The molecule has 2 amide bonds. The Hall–Kier alpha value is -3.87. The molecule has 148 valence electrons. The van der Waals surface area contributed by atoms with E-state index in [0.29, 0.717) is 5.69 Å². The minimum atomic E-state index is -0.726. The van der Waals surface area contributed by atoms with E-state index in [-0.39, 0.29) is 17.0 Å². The Morgan fingerprint density at radius 3 is 2.48 bits per heavy atom. The molecule has 7 heteroatoms. The predicted molar refractivity (Wildman–Crippen MR) is 108 cm³/mol. The molecule has 3 rings (SSSR count). The molecular formula is C22H20N2O5. The van der Waals surface area contributed by atoms with E-state index in [1.807, 2.05) is 32.0 Å². The lowest BCUT2D eigenvalue weighted by Gasteiger charge is -2.11. The van der Waals surface area contributed by atoms with E-state index >= 15 is 0 Å². The van der Waals surface area contributed by atoms with Crippen molar-refractivity contribution in [1.29, 1.82) is 0 Å². The highest BCUT2D eigenvalue weighted by atomic mass is 16.5. The van der Waals surface area contributed by atoms with Crippen LogP contribution in [0.25, 0.3) is 0 Å². The third-order valence-electron chi connectivity index (χ3n) is 4.14. The zero-order valence-electron chi connectivity index (χ0n) is 16.0. The summed E-state index contributed by atoms with van der Waals surface area (Å²) in [6, 6.07) is 15.1. The lowest BCUT2D eigenvalue weighted by Crippen LogP contribution is -2.22. The van der Waals surface area contributed by atoms with Gasteiger partial charge in [-0.05, 0) is 55.3 Å². The maximum Gasteiger partial charge on any atom is 0.340 e. The van der Waals surface area contributed by atoms with Gasteiger partial charge in [0.1, 0.15) is 0 Å². The summed E-state index contributed by atoms with van der Waals surface area (Å²) >= 11 is 0. The van der Waals surface area contributed by atoms with Crippen LogP contribution in [0.2, 0.25) is 0 Å². The van der Waals surface area contributed by atoms with Crippen LogP contribution in [-0.2, 0) is 9.53 Å². The van der Waals surface area contributed by atoms with Gasteiger partial charge < -0.3 is 19.8 Å². The fraction of sp³-hybridized carbons (Fsp3) is 0.136. The van der Waals surface area contributed by atoms with Gasteiger partial charge >= 0.3 is 5.97 Å². The van der Waals surface area contributed by atoms with E-state index in [1.165, 1.54) is 18.4 Å². The fourth-order valence-electron chi connectivity index (χ4n) is 2.63. The fourth-order valence-corrected chi connectivity index (χ4v) is 2.63. The van der Waals surface area contributed by atoms with E-state index in [0.717, 1.165) is 11.1 Å². The van der Waals surface area contributed by atoms with E-state index in [1.54, 1.807) is 24.3 Å². The molecular weight excluding hydrogens is 372 g/mol. The van der Waals surface area contributed by atoms with E-state index in [9.17, 15) is 14.4 Å². The van der Waals surface area contributed by atoms with Crippen molar-refractivity contribution < 1.29 is 23.5 Å². The third kappa shape index (κ3) is 5.10. The van der Waals surface area contributed by atoms with Crippen LogP contribution < -0.4 is 10.6 Å². The molecule has 0 aliphatic rings. The molecule has 29 heavy (non-hydrogen) atoms. The Balaban J connectivity index is 1.63. The summed E-state index contributed by atoms with van der Waals surface area (Å²) in [6.45, 7) is 3.34. The second-order valence-electron chi connectivity index (χ2n) is 6.42. The molecule has 3 aromatic rings. The number of aryl methyl sites for hydroxylation is 2. The highest BCUT2D eigenvalue weighted by Gasteiger charge is 2.17. The molecule has 0 atom stereocenters. The van der Waals surface area contributed by atoms with Crippen molar-refractivity contribution in [2.75, 3.05) is 17.2 Å². The summed E-state index contributed by atoms with van der Waals surface area (Å²) in [5.41, 5.74) is 2.96. The normalized spacial score (nSPS) is 10.3. The number of para-hydroxylation sites is 1. The van der Waals surface area contributed by atoms with Gasteiger partial charge in [-0.1, -0.05) is 24.3 Å². The van der Waals surface area contributed by atoms with Crippen LogP contribution in [0.15, 0.2) is 65.3 Å². The first kappa shape index (κ1) is 19.9. The summed E-state index contributed by atoms with van der Waals surface area (Å²) in [5.74, 6) is -1.57. The van der Waals surface area contributed by atoms with Crippen molar-refractivity contribution in [2.45, 2.75) is 13.8 Å². The summed E-state index contributed by atoms with van der Waals surface area (Å²) in [4.78, 5) is 36.8. The first-order valence-corrected chi connectivity index (χ1v) is 8.92. The van der Waals surface area contributed by atoms with Crippen LogP contribution in [0.3, 0.4) is 0 Å². The molecule has 0 spiro atoms. The van der Waals surface area contributed by atoms with Gasteiger partial charge in [-0.15, -0.1) is 0 Å². The molecule has 0 fully saturated rings. The van der Waals surface area contributed by atoms with Gasteiger partial charge in [-0.3, -0.25) is 9.59 Å². The first-order valence-electron chi connectivity index (χ1n) is 8.92. The summed E-state index contributed by atoms with van der Waals surface area (Å²) in [6.07, 6.45) is 1.38. The standard InChI is InChI=1S/C22H20N2O5/c1-14-9-10-15(2)18(12-14)23-20(25)13-29-22(27)16-6-3-4-7-17(16)24-21(26)19-8-5-11-28-19/h3-12H,13H2,1-2H3,(H,23,25)(H,24,26). The van der Waals surface area contributed by atoms with E-state index in [4.69, 9.17) is 9.15 Å². The van der Waals surface area contributed by atoms with Crippen molar-refractivity contribution in [3.05, 3.63) is 83.3 Å². The highest BCUT2D eigenvalue weighted by molar-refractivity contribution is 6.07. The number of carbonyl (C=O) groups excluding carboxylic acids is 3. The second-order valence-corrected chi connectivity index (χ2v) is 6.42. The summed E-state index contributed by atoms with van der Waals surface area (Å²) in [7, 11) is 0. The van der Waals surface area contributed by atoms with Gasteiger partial charge in [0.2, 0.25) is 0 Å². The van der Waals surface area contributed by atoms with Gasteiger partial charge in [0.05, 0.1) is 17.5 Å². The van der Waals surface area contributed by atoms with Crippen molar-refractivity contribution in [1.82, 2.24) is 0 Å². The monoisotopic (exact) mass is 392 g/mol. The molecule has 0 aliphatic heterocycles. The molecule has 0 bridgehead atoms. The van der Waals surface area contributed by atoms with Gasteiger partial charge in [-0.25, -0.2) is 4.79 Å². The van der Waals surface area contributed by atoms with Crippen LogP contribution in [0.1, 0.15) is 32.0 Å². The Morgan fingerprint density at radius 2 is 1.72 bits per heavy atom. The topological polar surface area (TPSA) is 97.6 Å². The number of anilines is 2. The molecule has 0 aliphatic carbocycles. The van der Waals surface area contributed by atoms with E-state index < -0.39 is 24.4 Å². The number of ether oxygens (including phenoxy) is 1. The van der Waals surface area contributed by atoms with Crippen molar-refractivity contribution in [3.63, 3.8) is 0 Å². The zero-order valence-corrected chi connectivity index (χ0v) is 16.0.